The number of nitrogens with zero attached hydrogens (tertiary/aromatic N) is 3. The molecule has 7 aromatic rings. The van der Waals surface area contributed by atoms with Crippen molar-refractivity contribution in [2.75, 3.05) is 0 Å². The van der Waals surface area contributed by atoms with Crippen LogP contribution in [0.5, 0.6) is 0 Å². The zero-order valence-corrected chi connectivity index (χ0v) is 26.8. The standard InChI is InChI=1S/C45H35N3/c1-3-11-33(12-4-1)44-47-42(32-20-18-31(19-21-32)37-15-10-26-46-30-37)29-43(48-44)36-14-9-13-34(27-36)35-22-23-39-38-16-5-6-17-40(38)45(41(39)28-35)24-7-2-8-25-45/h1,3-6,9-23,26-30H,2,7-8,24-25H2. The van der Waals surface area contributed by atoms with E-state index in [1.54, 1.807) is 6.20 Å². The van der Waals surface area contributed by atoms with Gasteiger partial charge >= 0.3 is 0 Å². The van der Waals surface area contributed by atoms with E-state index in [9.17, 15) is 0 Å². The molecule has 1 spiro atoms. The lowest BCUT2D eigenvalue weighted by Crippen LogP contribution is -2.28. The highest BCUT2D eigenvalue weighted by molar-refractivity contribution is 5.85. The zero-order chi connectivity index (χ0) is 31.9. The molecule has 48 heavy (non-hydrogen) atoms. The molecular weight excluding hydrogens is 583 g/mol. The Bertz CT molecular complexity index is 2250. The lowest BCUT2D eigenvalue weighted by atomic mass is 9.67. The first-order valence-electron chi connectivity index (χ1n) is 17.1. The van der Waals surface area contributed by atoms with Crippen LogP contribution < -0.4 is 0 Å². The van der Waals surface area contributed by atoms with Crippen LogP contribution in [-0.4, -0.2) is 15.0 Å². The molecule has 9 rings (SSSR count). The van der Waals surface area contributed by atoms with Gasteiger partial charge in [-0.05, 0) is 81.6 Å². The van der Waals surface area contributed by atoms with Crippen LogP contribution in [0.2, 0.25) is 0 Å². The van der Waals surface area contributed by atoms with Gasteiger partial charge in [0.2, 0.25) is 0 Å². The van der Waals surface area contributed by atoms with E-state index < -0.39 is 0 Å². The molecule has 2 aromatic heterocycles. The van der Waals surface area contributed by atoms with E-state index in [1.807, 2.05) is 30.5 Å². The van der Waals surface area contributed by atoms with Gasteiger partial charge in [-0.15, -0.1) is 0 Å². The average Bonchev–Trinajstić information content (AvgIpc) is 3.43. The minimum atomic E-state index is 0.135. The number of fused-ring (bicyclic) bond motifs is 5. The Kier molecular flexibility index (Phi) is 7.04. The van der Waals surface area contributed by atoms with Gasteiger partial charge in [0.15, 0.2) is 5.82 Å². The number of aromatic nitrogens is 3. The van der Waals surface area contributed by atoms with Crippen LogP contribution in [0.4, 0.5) is 0 Å². The molecule has 2 aliphatic carbocycles. The van der Waals surface area contributed by atoms with Gasteiger partial charge in [-0.25, -0.2) is 9.97 Å². The van der Waals surface area contributed by atoms with Gasteiger partial charge in [0, 0.05) is 34.5 Å². The Morgan fingerprint density at radius 2 is 1.06 bits per heavy atom. The van der Waals surface area contributed by atoms with Crippen molar-refractivity contribution >= 4 is 0 Å². The number of pyridine rings is 1. The summed E-state index contributed by atoms with van der Waals surface area (Å²) in [5.74, 6) is 0.722. The molecule has 3 heteroatoms. The summed E-state index contributed by atoms with van der Waals surface area (Å²) in [6.45, 7) is 0. The van der Waals surface area contributed by atoms with Crippen molar-refractivity contribution in [3.05, 3.63) is 163 Å². The van der Waals surface area contributed by atoms with Gasteiger partial charge in [0.25, 0.3) is 0 Å². The van der Waals surface area contributed by atoms with E-state index in [0.717, 1.165) is 45.0 Å². The molecule has 0 radical (unpaired) electrons. The van der Waals surface area contributed by atoms with Crippen LogP contribution in [0.3, 0.4) is 0 Å². The Hall–Kier alpha value is -5.67. The SMILES string of the molecule is c1ccc(-c2nc(-c3ccc(-c4cccnc4)cc3)cc(-c3cccc(-c4ccc5c(c4)C4(CCCCC4)c4ccccc4-5)c3)n2)cc1. The molecule has 0 atom stereocenters. The zero-order valence-electron chi connectivity index (χ0n) is 26.8. The van der Waals surface area contributed by atoms with Gasteiger partial charge < -0.3 is 0 Å². The van der Waals surface area contributed by atoms with E-state index in [1.165, 1.54) is 65.5 Å². The highest BCUT2D eigenvalue weighted by Crippen LogP contribution is 2.56. The molecule has 0 amide bonds. The highest BCUT2D eigenvalue weighted by Gasteiger charge is 2.43. The van der Waals surface area contributed by atoms with Gasteiger partial charge in [-0.3, -0.25) is 4.98 Å². The smallest absolute Gasteiger partial charge is 0.160 e. The lowest BCUT2D eigenvalue weighted by Gasteiger charge is -2.36. The third-order valence-corrected chi connectivity index (χ3v) is 10.4. The van der Waals surface area contributed by atoms with Crippen molar-refractivity contribution in [3.8, 4) is 67.3 Å². The maximum Gasteiger partial charge on any atom is 0.160 e. The summed E-state index contributed by atoms with van der Waals surface area (Å²) in [5.41, 5.74) is 15.6. The Morgan fingerprint density at radius 1 is 0.417 bits per heavy atom. The van der Waals surface area contributed by atoms with E-state index in [4.69, 9.17) is 9.97 Å². The predicted octanol–water partition coefficient (Wildman–Crippen LogP) is 11.4. The summed E-state index contributed by atoms with van der Waals surface area (Å²) in [6.07, 6.45) is 10.1. The molecule has 3 nitrogen and oxygen atoms in total. The summed E-state index contributed by atoms with van der Waals surface area (Å²) in [7, 11) is 0. The van der Waals surface area contributed by atoms with E-state index in [2.05, 4.69) is 120 Å². The molecule has 0 saturated heterocycles. The molecular formula is C45H35N3. The first-order valence-corrected chi connectivity index (χ1v) is 17.1. The number of hydrogen-bond acceptors (Lipinski definition) is 3. The molecule has 2 heterocycles. The summed E-state index contributed by atoms with van der Waals surface area (Å²) in [5, 5.41) is 0. The quantitative estimate of drug-likeness (QED) is 0.193. The highest BCUT2D eigenvalue weighted by atomic mass is 14.9. The normalized spacial score (nSPS) is 14.4. The second kappa shape index (κ2) is 11.8. The van der Waals surface area contributed by atoms with E-state index >= 15 is 0 Å². The van der Waals surface area contributed by atoms with Crippen molar-refractivity contribution in [2.24, 2.45) is 0 Å². The summed E-state index contributed by atoms with van der Waals surface area (Å²) in [4.78, 5) is 14.5. The lowest BCUT2D eigenvalue weighted by molar-refractivity contribution is 0.353. The molecule has 230 valence electrons. The third kappa shape index (κ3) is 4.94. The third-order valence-electron chi connectivity index (χ3n) is 10.4. The van der Waals surface area contributed by atoms with Crippen LogP contribution in [0.1, 0.15) is 43.2 Å². The van der Waals surface area contributed by atoms with Crippen LogP contribution in [0.25, 0.3) is 67.3 Å². The first kappa shape index (κ1) is 28.5. The van der Waals surface area contributed by atoms with Crippen LogP contribution in [-0.2, 0) is 5.41 Å². The molecule has 0 N–H and O–H groups in total. The molecule has 2 aliphatic rings. The fourth-order valence-corrected chi connectivity index (χ4v) is 8.01. The molecule has 1 saturated carbocycles. The first-order chi connectivity index (χ1) is 23.7. The maximum absolute atomic E-state index is 5.13. The Morgan fingerprint density at radius 3 is 1.88 bits per heavy atom. The minimum Gasteiger partial charge on any atom is -0.264 e. The van der Waals surface area contributed by atoms with Gasteiger partial charge in [-0.2, -0.15) is 0 Å². The molecule has 0 unspecified atom stereocenters. The van der Waals surface area contributed by atoms with Gasteiger partial charge in [0.1, 0.15) is 0 Å². The summed E-state index contributed by atoms with van der Waals surface area (Å²) >= 11 is 0. The Balaban J connectivity index is 1.13. The predicted molar refractivity (Wildman–Crippen MR) is 196 cm³/mol. The number of benzene rings is 5. The minimum absolute atomic E-state index is 0.135. The molecule has 1 fully saturated rings. The summed E-state index contributed by atoms with van der Waals surface area (Å²) in [6, 6.07) is 50.1. The fourth-order valence-electron chi connectivity index (χ4n) is 8.01. The van der Waals surface area contributed by atoms with Gasteiger partial charge in [0.05, 0.1) is 11.4 Å². The van der Waals surface area contributed by atoms with E-state index in [0.29, 0.717) is 0 Å². The summed E-state index contributed by atoms with van der Waals surface area (Å²) < 4.78 is 0. The van der Waals surface area contributed by atoms with Crippen molar-refractivity contribution < 1.29 is 0 Å². The monoisotopic (exact) mass is 617 g/mol. The average molecular weight is 618 g/mol. The molecule has 5 aromatic carbocycles. The largest absolute Gasteiger partial charge is 0.264 e. The van der Waals surface area contributed by atoms with Crippen LogP contribution in [0.15, 0.2) is 152 Å². The number of rotatable bonds is 5. The van der Waals surface area contributed by atoms with Crippen LogP contribution >= 0.6 is 0 Å². The molecule has 0 bridgehead atoms. The Labute approximate surface area is 282 Å². The van der Waals surface area contributed by atoms with E-state index in [-0.39, 0.29) is 5.41 Å². The van der Waals surface area contributed by atoms with Gasteiger partial charge in [-0.1, -0.05) is 135 Å². The maximum atomic E-state index is 5.13. The number of hydrogen-bond donors (Lipinski definition) is 0. The fraction of sp³-hybridized carbons (Fsp3) is 0.133. The second-order valence-corrected chi connectivity index (χ2v) is 13.2. The van der Waals surface area contributed by atoms with Crippen molar-refractivity contribution in [3.63, 3.8) is 0 Å². The second-order valence-electron chi connectivity index (χ2n) is 13.2. The topological polar surface area (TPSA) is 38.7 Å². The van der Waals surface area contributed by atoms with Crippen molar-refractivity contribution in [1.82, 2.24) is 15.0 Å². The van der Waals surface area contributed by atoms with Crippen molar-refractivity contribution in [2.45, 2.75) is 37.5 Å². The molecule has 0 aliphatic heterocycles. The van der Waals surface area contributed by atoms with Crippen molar-refractivity contribution in [1.29, 1.82) is 0 Å². The van der Waals surface area contributed by atoms with Crippen LogP contribution in [0, 0.1) is 0 Å².